The van der Waals surface area contributed by atoms with E-state index in [4.69, 9.17) is 0 Å². The molecular weight excluding hydrogens is 384 g/mol. The number of aryl methyl sites for hydroxylation is 2. The van der Waals surface area contributed by atoms with Crippen LogP contribution in [0.5, 0.6) is 0 Å². The predicted octanol–water partition coefficient (Wildman–Crippen LogP) is 3.77. The van der Waals surface area contributed by atoms with E-state index in [0.29, 0.717) is 11.3 Å². The number of aromatic nitrogens is 3. The molecule has 0 radical (unpaired) electrons. The minimum atomic E-state index is -0.687. The maximum absolute atomic E-state index is 13.1. The second-order valence-electron chi connectivity index (χ2n) is 7.66. The van der Waals surface area contributed by atoms with E-state index in [2.05, 4.69) is 22.5 Å². The molecule has 1 aliphatic rings. The second kappa shape index (κ2) is 6.84. The van der Waals surface area contributed by atoms with Gasteiger partial charge in [-0.2, -0.15) is 5.10 Å². The average molecular weight is 407 g/mol. The van der Waals surface area contributed by atoms with Gasteiger partial charge in [-0.1, -0.05) is 24.3 Å². The standard InChI is InChI=1S/C22H22N4O2S/c1-13(21(27)23-17-9-5-7-15-6-3-4-8-16(15)17)26-22(28)19-12-20-18(10-11-29-20)25(19)14(2)24-26/h3-4,6,8,10-13,17H,5,7,9H2,1-2H3,(H,23,27)/t13-,17+/m0/s1. The number of fused-ring (bicyclic) bond motifs is 4. The van der Waals surface area contributed by atoms with Gasteiger partial charge in [0, 0.05) is 0 Å². The summed E-state index contributed by atoms with van der Waals surface area (Å²) >= 11 is 1.59. The molecule has 29 heavy (non-hydrogen) atoms. The van der Waals surface area contributed by atoms with Crippen LogP contribution in [0.3, 0.4) is 0 Å². The Kier molecular flexibility index (Phi) is 4.28. The molecular formula is C22H22N4O2S. The van der Waals surface area contributed by atoms with Crippen molar-refractivity contribution in [3.63, 3.8) is 0 Å². The summed E-state index contributed by atoms with van der Waals surface area (Å²) in [4.78, 5) is 26.1. The minimum absolute atomic E-state index is 0.0194. The molecule has 1 N–H and O–H groups in total. The van der Waals surface area contributed by atoms with Gasteiger partial charge < -0.3 is 5.32 Å². The van der Waals surface area contributed by atoms with Gasteiger partial charge in [0.05, 0.1) is 16.3 Å². The maximum atomic E-state index is 13.1. The molecule has 148 valence electrons. The van der Waals surface area contributed by atoms with Gasteiger partial charge in [-0.15, -0.1) is 11.3 Å². The third-order valence-corrected chi connectivity index (χ3v) is 6.71. The van der Waals surface area contributed by atoms with Crippen molar-refractivity contribution in [2.75, 3.05) is 0 Å². The smallest absolute Gasteiger partial charge is 0.291 e. The summed E-state index contributed by atoms with van der Waals surface area (Å²) in [6, 6.07) is 11.4. The highest BCUT2D eigenvalue weighted by Crippen LogP contribution is 2.30. The van der Waals surface area contributed by atoms with Crippen molar-refractivity contribution in [3.05, 3.63) is 69.1 Å². The van der Waals surface area contributed by atoms with Crippen LogP contribution < -0.4 is 10.9 Å². The number of hydrogen-bond acceptors (Lipinski definition) is 4. The van der Waals surface area contributed by atoms with Gasteiger partial charge in [0.2, 0.25) is 5.91 Å². The molecule has 0 spiro atoms. The normalized spacial score (nSPS) is 17.4. The number of hydrogen-bond donors (Lipinski definition) is 1. The molecule has 4 aromatic rings. The number of carbonyl (C=O) groups excluding carboxylic acids is 1. The third kappa shape index (κ3) is 2.88. The van der Waals surface area contributed by atoms with Crippen molar-refractivity contribution < 1.29 is 4.79 Å². The fourth-order valence-corrected chi connectivity index (χ4v) is 5.17. The first kappa shape index (κ1) is 18.1. The van der Waals surface area contributed by atoms with E-state index in [1.807, 2.05) is 41.0 Å². The van der Waals surface area contributed by atoms with Crippen molar-refractivity contribution in [2.24, 2.45) is 0 Å². The Labute approximate surface area is 171 Å². The van der Waals surface area contributed by atoms with E-state index in [1.165, 1.54) is 15.8 Å². The predicted molar refractivity (Wildman–Crippen MR) is 115 cm³/mol. The monoisotopic (exact) mass is 406 g/mol. The van der Waals surface area contributed by atoms with Crippen molar-refractivity contribution in [1.29, 1.82) is 0 Å². The van der Waals surface area contributed by atoms with Crippen LogP contribution in [0, 0.1) is 6.92 Å². The van der Waals surface area contributed by atoms with Crippen molar-refractivity contribution in [2.45, 2.75) is 45.2 Å². The Bertz CT molecular complexity index is 1300. The Morgan fingerprint density at radius 3 is 2.97 bits per heavy atom. The molecule has 0 bridgehead atoms. The van der Waals surface area contributed by atoms with Gasteiger partial charge in [0.15, 0.2) is 0 Å². The largest absolute Gasteiger partial charge is 0.347 e. The van der Waals surface area contributed by atoms with E-state index in [-0.39, 0.29) is 17.5 Å². The zero-order valence-electron chi connectivity index (χ0n) is 16.4. The molecule has 1 amide bonds. The van der Waals surface area contributed by atoms with Crippen LogP contribution in [0.25, 0.3) is 15.7 Å². The number of rotatable bonds is 3. The highest BCUT2D eigenvalue weighted by atomic mass is 32.1. The fraction of sp³-hybridized carbons (Fsp3) is 0.318. The van der Waals surface area contributed by atoms with Gasteiger partial charge in [-0.25, -0.2) is 4.68 Å². The summed E-state index contributed by atoms with van der Waals surface area (Å²) in [5.41, 5.74) is 3.76. The van der Waals surface area contributed by atoms with Crippen LogP contribution in [0.15, 0.2) is 46.6 Å². The average Bonchev–Trinajstić information content (AvgIpc) is 3.32. The van der Waals surface area contributed by atoms with E-state index < -0.39 is 6.04 Å². The zero-order chi connectivity index (χ0) is 20.1. The van der Waals surface area contributed by atoms with E-state index in [0.717, 1.165) is 29.5 Å². The Balaban J connectivity index is 1.48. The van der Waals surface area contributed by atoms with Crippen LogP contribution in [0.4, 0.5) is 0 Å². The first-order chi connectivity index (χ1) is 14.0. The van der Waals surface area contributed by atoms with E-state index >= 15 is 0 Å². The highest BCUT2D eigenvalue weighted by Gasteiger charge is 2.26. The van der Waals surface area contributed by atoms with Gasteiger partial charge in [0.25, 0.3) is 5.56 Å². The molecule has 3 aromatic heterocycles. The lowest BCUT2D eigenvalue weighted by Gasteiger charge is -2.27. The Morgan fingerprint density at radius 1 is 1.28 bits per heavy atom. The van der Waals surface area contributed by atoms with Crippen molar-refractivity contribution >= 4 is 33.0 Å². The number of carbonyl (C=O) groups is 1. The molecule has 6 nitrogen and oxygen atoms in total. The molecule has 0 unspecified atom stereocenters. The summed E-state index contributed by atoms with van der Waals surface area (Å²) in [5.74, 6) is 0.508. The number of amides is 1. The van der Waals surface area contributed by atoms with E-state index in [1.54, 1.807) is 18.3 Å². The minimum Gasteiger partial charge on any atom is -0.347 e. The topological polar surface area (TPSA) is 68.4 Å². The lowest BCUT2D eigenvalue weighted by molar-refractivity contribution is -0.125. The molecule has 0 saturated carbocycles. The number of thiophene rings is 1. The molecule has 1 aliphatic carbocycles. The number of nitrogens with zero attached hydrogens (tertiary/aromatic N) is 3. The molecule has 0 saturated heterocycles. The van der Waals surface area contributed by atoms with Gasteiger partial charge in [-0.3, -0.25) is 14.0 Å². The molecule has 3 heterocycles. The first-order valence-electron chi connectivity index (χ1n) is 9.91. The van der Waals surface area contributed by atoms with Crippen LogP contribution in [-0.2, 0) is 11.2 Å². The molecule has 7 heteroatoms. The molecule has 0 fully saturated rings. The lowest BCUT2D eigenvalue weighted by Crippen LogP contribution is -2.40. The molecule has 1 aromatic carbocycles. The molecule has 5 rings (SSSR count). The summed E-state index contributed by atoms with van der Waals surface area (Å²) < 4.78 is 4.23. The van der Waals surface area contributed by atoms with E-state index in [9.17, 15) is 9.59 Å². The van der Waals surface area contributed by atoms with Crippen LogP contribution in [0.1, 0.15) is 48.8 Å². The summed E-state index contributed by atoms with van der Waals surface area (Å²) in [7, 11) is 0. The Morgan fingerprint density at radius 2 is 2.10 bits per heavy atom. The van der Waals surface area contributed by atoms with Gasteiger partial charge >= 0.3 is 0 Å². The first-order valence-corrected chi connectivity index (χ1v) is 10.8. The quantitative estimate of drug-likeness (QED) is 0.563. The molecule has 2 atom stereocenters. The SMILES string of the molecule is Cc1nn([C@@H](C)C(=O)N[C@@H]2CCCc3ccccc32)c(=O)c2cc3sccc3n12. The third-order valence-electron chi connectivity index (χ3n) is 5.86. The van der Waals surface area contributed by atoms with Crippen LogP contribution in [-0.4, -0.2) is 20.1 Å². The van der Waals surface area contributed by atoms with Gasteiger partial charge in [-0.05, 0) is 61.7 Å². The summed E-state index contributed by atoms with van der Waals surface area (Å²) in [6.07, 6.45) is 2.99. The Hall–Kier alpha value is -2.93. The lowest BCUT2D eigenvalue weighted by atomic mass is 9.87. The van der Waals surface area contributed by atoms with Crippen molar-refractivity contribution in [3.8, 4) is 0 Å². The van der Waals surface area contributed by atoms with Crippen LogP contribution >= 0.6 is 11.3 Å². The highest BCUT2D eigenvalue weighted by molar-refractivity contribution is 7.17. The van der Waals surface area contributed by atoms with Crippen molar-refractivity contribution in [1.82, 2.24) is 19.5 Å². The zero-order valence-corrected chi connectivity index (χ0v) is 17.2. The van der Waals surface area contributed by atoms with Crippen LogP contribution in [0.2, 0.25) is 0 Å². The number of benzene rings is 1. The fourth-order valence-electron chi connectivity index (χ4n) is 4.36. The second-order valence-corrected chi connectivity index (χ2v) is 8.61. The molecule has 0 aliphatic heterocycles. The summed E-state index contributed by atoms with van der Waals surface area (Å²) in [6.45, 7) is 3.60. The maximum Gasteiger partial charge on any atom is 0.291 e. The summed E-state index contributed by atoms with van der Waals surface area (Å²) in [5, 5.41) is 9.62. The number of nitrogens with one attached hydrogen (secondary N) is 1. The van der Waals surface area contributed by atoms with Gasteiger partial charge in [0.1, 0.15) is 17.4 Å².